The van der Waals surface area contributed by atoms with E-state index in [1.54, 1.807) is 55.1 Å². The average Bonchev–Trinajstić information content (AvgIpc) is 0.861. The number of pyridine rings is 5. The van der Waals surface area contributed by atoms with Crippen LogP contribution in [0.2, 0.25) is 0 Å². The molecular weight excluding hydrogens is 3020 g/mol. The summed E-state index contributed by atoms with van der Waals surface area (Å²) in [6.45, 7) is 19.9. The second-order valence-electron chi connectivity index (χ2n) is 26.3. The summed E-state index contributed by atoms with van der Waals surface area (Å²) >= 11 is 5.26. The fourth-order valence-electron chi connectivity index (χ4n) is 10.6. The van der Waals surface area contributed by atoms with Crippen molar-refractivity contribution in [3.63, 3.8) is 0 Å². The van der Waals surface area contributed by atoms with Crippen LogP contribution in [0.5, 0.6) is 0 Å². The standard InChI is InChI=1S/C12H10N.C12H11PS.C11H6F2N.2C11H7FN.C11H8N.4C8H12P2.4ClHO4.5Ir/c1-10-7-8-13-12(9-10)11-5-3-2-4-6-11;14-12-9-5-4-8-11(12)13-10-6-2-1-3-7-10;12-8-4-5-9(10(13)7-8)11-3-1-2-6-14-11;2*12-10-6-4-9(5-7-10)11-3-1-2-8-13-11;1-2-6-10(7-3-1)11-8-4-5-9-12-11;4*1-9-7-5-3-4-6-8(7)10-2;4*2-1(3,4)5;;;;;/h2-5,7-9H,1H3;1-9,13-14H;1-4,6-7H;2*1-4,6-8H;1-6,8-9H;4*3-6,9-10H,1-2H3;4*(H,2,3,4,5);;;;;/q-1;;4*-1;;;;;;;;;;;;;/p-1. The van der Waals surface area contributed by atoms with Crippen LogP contribution in [0.3, 0.4) is 0 Å². The van der Waals surface area contributed by atoms with Crippen molar-refractivity contribution in [1.29, 1.82) is 0 Å². The summed E-state index contributed by atoms with van der Waals surface area (Å²) in [6, 6.07) is 120. The van der Waals surface area contributed by atoms with Crippen molar-refractivity contribution in [2.45, 2.75) is 11.8 Å². The average molecular weight is 3120 g/mol. The fraction of sp³-hybridized carbons (Fsp3) is 0.0900. The van der Waals surface area contributed by atoms with Crippen molar-refractivity contribution in [1.82, 2.24) is 24.9 Å². The summed E-state index contributed by atoms with van der Waals surface area (Å²) in [6.07, 6.45) is 8.56. The zero-order valence-corrected chi connectivity index (χ0v) is 102. The molecular formula is C100H100Cl4F4Ir5N5O16P9S-6. The summed E-state index contributed by atoms with van der Waals surface area (Å²) in [5.74, 6) is -1.84. The van der Waals surface area contributed by atoms with E-state index in [1.165, 1.54) is 82.9 Å². The molecule has 0 aliphatic heterocycles. The SMILES string of the molecule is CPc1ccccc1PC.CPc1ccccc1PC.CPc1ccccc1PC.CPc1ccccc1PC.Cc1ccnc(-c2[c-]cccc2)c1.Fc1c[c-]c(-c2ccccn2)c(F)c1.Fc1c[c-]c(-c2ccccn2)cc1.Fc1c[c-]c(-c2ccccn2)cc1.[Ir].[Ir].[Ir].[Ir].[Ir].[O-][Cl+3]([O-])([O-])O.[O-][Cl+3]([O-])([O-])O.[O-][Cl+3]([O-])([O-])O.[O-][Cl+3]([O-])([O-])O.[S-]c1ccccc1Pc1ccccc1.[c-]1ccccc1-c1ccccn1. The second kappa shape index (κ2) is 83.4. The molecule has 16 rings (SSSR count). The molecule has 16 aromatic rings. The van der Waals surface area contributed by atoms with Crippen LogP contribution in [0, 0.1) is 101 Å². The molecule has 5 radical (unpaired) electrons. The van der Waals surface area contributed by atoms with E-state index in [0.29, 0.717) is 14.3 Å². The van der Waals surface area contributed by atoms with Crippen LogP contribution >= 0.6 is 77.2 Å². The first-order valence-corrected chi connectivity index (χ1v) is 58.8. The van der Waals surface area contributed by atoms with E-state index in [1.807, 2.05) is 140 Å². The van der Waals surface area contributed by atoms with Gasteiger partial charge in [-0.05, 0) is 172 Å². The third-order valence-corrected chi connectivity index (χ3v) is 27.2. The maximum atomic E-state index is 13.2. The molecule has 11 aromatic carbocycles. The molecule has 144 heavy (non-hydrogen) atoms. The van der Waals surface area contributed by atoms with E-state index in [9.17, 15) is 17.6 Å². The number of benzene rings is 11. The number of hydrogen-bond acceptors (Lipinski definition) is 22. The van der Waals surface area contributed by atoms with Gasteiger partial charge in [-0.15, -0.1) is 144 Å². The van der Waals surface area contributed by atoms with Crippen LogP contribution in [0.15, 0.2) is 370 Å². The Morgan fingerprint density at radius 1 is 0.264 bits per heavy atom. The Morgan fingerprint density at radius 2 is 0.521 bits per heavy atom. The molecule has 0 saturated carbocycles. The summed E-state index contributed by atoms with van der Waals surface area (Å²) in [7, 11) is -10.6. The molecule has 44 heteroatoms. The molecule has 0 aliphatic rings. The van der Waals surface area contributed by atoms with E-state index < -0.39 is 52.6 Å². The zero-order chi connectivity index (χ0) is 103. The number of halogens is 8. The van der Waals surface area contributed by atoms with Gasteiger partial charge in [0.15, 0.2) is 0 Å². The molecule has 0 bridgehead atoms. The van der Waals surface area contributed by atoms with Crippen LogP contribution in [0.25, 0.3) is 56.3 Å². The number of aromatic nitrogens is 5. The Balaban J connectivity index is -0.00000150. The van der Waals surface area contributed by atoms with Crippen molar-refractivity contribution in [2.75, 3.05) is 53.3 Å². The summed E-state index contributed by atoms with van der Waals surface area (Å²) < 4.78 is 182. The van der Waals surface area contributed by atoms with Gasteiger partial charge in [-0.3, -0.25) is 17.6 Å². The Bertz CT molecular complexity index is 5520. The quantitative estimate of drug-likeness (QED) is 0.0423. The first-order valence-electron chi connectivity index (χ1n) is 40.3. The fourth-order valence-corrected chi connectivity index (χ4v) is 19.8. The number of aryl methyl sites for hydroxylation is 1. The third-order valence-electron chi connectivity index (χ3n) is 16.6. The maximum Gasteiger partial charge on any atom is 0.0777 e. The third kappa shape index (κ3) is 70.7. The Labute approximate surface area is 937 Å². The summed E-state index contributed by atoms with van der Waals surface area (Å²) in [4.78, 5) is 21.7. The Hall–Kier alpha value is -5.25. The van der Waals surface area contributed by atoms with Gasteiger partial charge in [0.2, 0.25) is 0 Å². The van der Waals surface area contributed by atoms with Gasteiger partial charge in [0.05, 0.1) is 59.6 Å². The molecule has 4 N–H and O–H groups in total. The predicted octanol–water partition coefficient (Wildman–Crippen LogP) is 5.54. The molecule has 0 saturated heterocycles. The predicted molar refractivity (Wildman–Crippen MR) is 539 cm³/mol. The molecule has 9 unspecified atom stereocenters. The van der Waals surface area contributed by atoms with Crippen LogP contribution in [-0.2, 0) is 113 Å². The largest absolute Gasteiger partial charge is 0.779 e. The van der Waals surface area contributed by atoms with Crippen molar-refractivity contribution in [3.8, 4) is 56.3 Å². The molecule has 9 atom stereocenters. The first-order chi connectivity index (χ1) is 66.2. The van der Waals surface area contributed by atoms with Crippen molar-refractivity contribution in [2.24, 2.45) is 0 Å². The van der Waals surface area contributed by atoms with E-state index in [-0.39, 0.29) is 118 Å². The van der Waals surface area contributed by atoms with E-state index in [0.717, 1.165) is 131 Å². The second-order valence-corrected chi connectivity index (χ2v) is 39.5. The van der Waals surface area contributed by atoms with Gasteiger partial charge in [-0.1, -0.05) is 301 Å². The Kier molecular flexibility index (Phi) is 82.7. The number of nitrogens with zero attached hydrogens (tertiary/aromatic N) is 5. The molecule has 0 amide bonds. The molecule has 5 aromatic heterocycles. The molecule has 21 nitrogen and oxygen atoms in total. The van der Waals surface area contributed by atoms with Gasteiger partial charge in [0, 0.05) is 155 Å². The number of hydrogen-bond donors (Lipinski definition) is 4. The Morgan fingerprint density at radius 3 is 0.778 bits per heavy atom. The molecule has 0 aliphatic carbocycles. The topological polar surface area (TPSA) is 422 Å². The summed E-state index contributed by atoms with van der Waals surface area (Å²) in [5.41, 5.74) is 9.14. The van der Waals surface area contributed by atoms with Gasteiger partial charge in [0.25, 0.3) is 0 Å². The smallest absolute Gasteiger partial charge is 0.0777 e. The van der Waals surface area contributed by atoms with E-state index >= 15 is 0 Å². The summed E-state index contributed by atoms with van der Waals surface area (Å²) in [5, 5.41) is 14.8. The van der Waals surface area contributed by atoms with Crippen LogP contribution in [0.1, 0.15) is 5.56 Å². The van der Waals surface area contributed by atoms with Gasteiger partial charge in [-0.2, -0.15) is 60.8 Å². The monoisotopic (exact) mass is 3120 g/mol. The van der Waals surface area contributed by atoms with Crippen LogP contribution in [0.4, 0.5) is 17.6 Å². The van der Waals surface area contributed by atoms with Gasteiger partial charge in [0.1, 0.15) is 0 Å². The molecule has 779 valence electrons. The normalized spacial score (nSPS) is 10.6. The molecule has 0 fully saturated rings. The van der Waals surface area contributed by atoms with Crippen molar-refractivity contribution < 1.29 is 234 Å². The van der Waals surface area contributed by atoms with E-state index in [4.69, 9.17) is 87.2 Å². The van der Waals surface area contributed by atoms with Gasteiger partial charge < -0.3 is 37.5 Å². The van der Waals surface area contributed by atoms with Gasteiger partial charge >= 0.3 is 0 Å². The van der Waals surface area contributed by atoms with Crippen LogP contribution < -0.4 is 109 Å². The van der Waals surface area contributed by atoms with Gasteiger partial charge in [-0.25, -0.2) is 0 Å². The first kappa shape index (κ1) is 143. The molecule has 0 spiro atoms. The van der Waals surface area contributed by atoms with Crippen LogP contribution in [-0.4, -0.2) is 96.9 Å². The van der Waals surface area contributed by atoms with E-state index in [2.05, 4.69) is 249 Å². The zero-order valence-electron chi connectivity index (χ0n) is 77.7. The minimum absolute atomic E-state index is 0. The van der Waals surface area contributed by atoms with Crippen molar-refractivity contribution >= 4 is 143 Å². The van der Waals surface area contributed by atoms with Crippen molar-refractivity contribution in [3.05, 3.63) is 424 Å². The minimum Gasteiger partial charge on any atom is -0.779 e. The number of rotatable bonds is 15. The maximum absolute atomic E-state index is 13.2. The minimum atomic E-state index is -4.69. The molecule has 5 heterocycles.